The van der Waals surface area contributed by atoms with Gasteiger partial charge in [-0.3, -0.25) is 4.79 Å². The molecule has 0 heterocycles. The average Bonchev–Trinajstić information content (AvgIpc) is 2.27. The van der Waals surface area contributed by atoms with Crippen LogP contribution in [0.5, 0.6) is 0 Å². The highest BCUT2D eigenvalue weighted by Gasteiger charge is 2.21. The minimum atomic E-state index is -0.539. The number of aliphatic hydroxyl groups is 1. The van der Waals surface area contributed by atoms with E-state index in [1.807, 2.05) is 25.1 Å². The maximum Gasteiger partial charge on any atom is 0.168 e. The summed E-state index contributed by atoms with van der Waals surface area (Å²) >= 11 is 0. The zero-order chi connectivity index (χ0) is 10.6. The van der Waals surface area contributed by atoms with Crippen molar-refractivity contribution in [2.75, 3.05) is 0 Å². The Labute approximate surface area is 84.6 Å². The van der Waals surface area contributed by atoms with Crippen molar-refractivity contribution >= 4 is 5.78 Å². The third kappa shape index (κ3) is 2.42. The first kappa shape index (κ1) is 10.9. The molecule has 0 radical (unpaired) electrons. The standard InChI is InChI=1S/C12H16O2/c1-3-11(13)9(2)12(14)10-7-5-4-6-8-10/h4-9,11,13H,3H2,1-2H3/t9-,11+/m1/s1. The average molecular weight is 192 g/mol. The zero-order valence-electron chi connectivity index (χ0n) is 8.60. The van der Waals surface area contributed by atoms with Crippen LogP contribution >= 0.6 is 0 Å². The Hall–Kier alpha value is -1.15. The van der Waals surface area contributed by atoms with Gasteiger partial charge in [0, 0.05) is 11.5 Å². The number of carbonyl (C=O) groups is 1. The lowest BCUT2D eigenvalue weighted by Crippen LogP contribution is -2.24. The van der Waals surface area contributed by atoms with Crippen LogP contribution in [0.1, 0.15) is 30.6 Å². The molecule has 2 heteroatoms. The number of hydrogen-bond donors (Lipinski definition) is 1. The predicted molar refractivity (Wildman–Crippen MR) is 56.2 cm³/mol. The Morgan fingerprint density at radius 2 is 1.93 bits per heavy atom. The van der Waals surface area contributed by atoms with Gasteiger partial charge in [0.05, 0.1) is 6.10 Å². The molecule has 0 aromatic heterocycles. The molecule has 2 nitrogen and oxygen atoms in total. The van der Waals surface area contributed by atoms with Crippen LogP contribution in [0.25, 0.3) is 0 Å². The van der Waals surface area contributed by atoms with Crippen molar-refractivity contribution in [1.82, 2.24) is 0 Å². The van der Waals surface area contributed by atoms with Gasteiger partial charge in [-0.2, -0.15) is 0 Å². The van der Waals surface area contributed by atoms with E-state index in [1.165, 1.54) is 0 Å². The molecule has 1 N–H and O–H groups in total. The lowest BCUT2D eigenvalue weighted by molar-refractivity contribution is 0.0705. The molecule has 0 aliphatic heterocycles. The van der Waals surface area contributed by atoms with Gasteiger partial charge in [0.1, 0.15) is 0 Å². The third-order valence-electron chi connectivity index (χ3n) is 2.47. The van der Waals surface area contributed by atoms with E-state index in [0.717, 1.165) is 0 Å². The molecule has 76 valence electrons. The van der Waals surface area contributed by atoms with Gasteiger partial charge in [0.15, 0.2) is 5.78 Å². The lowest BCUT2D eigenvalue weighted by Gasteiger charge is -2.15. The minimum absolute atomic E-state index is 0.0138. The molecule has 1 aromatic carbocycles. The molecule has 1 rings (SSSR count). The van der Waals surface area contributed by atoms with Crippen molar-refractivity contribution in [1.29, 1.82) is 0 Å². The van der Waals surface area contributed by atoms with Gasteiger partial charge < -0.3 is 5.11 Å². The van der Waals surface area contributed by atoms with Crippen LogP contribution in [-0.2, 0) is 0 Å². The summed E-state index contributed by atoms with van der Waals surface area (Å²) in [6, 6.07) is 9.09. The molecule has 0 saturated heterocycles. The predicted octanol–water partition coefficient (Wildman–Crippen LogP) is 2.28. The molecule has 0 fully saturated rings. The second-order valence-electron chi connectivity index (χ2n) is 3.49. The lowest BCUT2D eigenvalue weighted by atomic mass is 9.93. The van der Waals surface area contributed by atoms with Gasteiger partial charge in [0.2, 0.25) is 0 Å². The number of ketones is 1. The summed E-state index contributed by atoms with van der Waals surface area (Å²) in [5.41, 5.74) is 0.674. The van der Waals surface area contributed by atoms with Crippen LogP contribution < -0.4 is 0 Å². The second kappa shape index (κ2) is 4.91. The molecule has 0 amide bonds. The highest BCUT2D eigenvalue weighted by molar-refractivity contribution is 5.97. The number of rotatable bonds is 4. The molecule has 0 bridgehead atoms. The highest BCUT2D eigenvalue weighted by Crippen LogP contribution is 2.13. The summed E-state index contributed by atoms with van der Waals surface area (Å²) in [5, 5.41) is 9.54. The maximum atomic E-state index is 11.8. The summed E-state index contributed by atoms with van der Waals surface area (Å²) in [6.45, 7) is 3.64. The van der Waals surface area contributed by atoms with Crippen molar-refractivity contribution < 1.29 is 9.90 Å². The number of aliphatic hydroxyl groups excluding tert-OH is 1. The van der Waals surface area contributed by atoms with Crippen molar-refractivity contribution in [3.63, 3.8) is 0 Å². The van der Waals surface area contributed by atoms with Crippen molar-refractivity contribution in [3.05, 3.63) is 35.9 Å². The number of hydrogen-bond acceptors (Lipinski definition) is 2. The fraction of sp³-hybridized carbons (Fsp3) is 0.417. The van der Waals surface area contributed by atoms with Gasteiger partial charge >= 0.3 is 0 Å². The van der Waals surface area contributed by atoms with E-state index in [2.05, 4.69) is 0 Å². The van der Waals surface area contributed by atoms with Crippen LogP contribution in [0.15, 0.2) is 30.3 Å². The van der Waals surface area contributed by atoms with Crippen LogP contribution in [0.2, 0.25) is 0 Å². The minimum Gasteiger partial charge on any atom is -0.392 e. The molecule has 1 aromatic rings. The second-order valence-corrected chi connectivity index (χ2v) is 3.49. The van der Waals surface area contributed by atoms with E-state index in [1.54, 1.807) is 19.1 Å². The van der Waals surface area contributed by atoms with Gasteiger partial charge in [0.25, 0.3) is 0 Å². The summed E-state index contributed by atoms with van der Waals surface area (Å²) in [7, 11) is 0. The first-order valence-electron chi connectivity index (χ1n) is 4.94. The maximum absolute atomic E-state index is 11.8. The fourth-order valence-corrected chi connectivity index (χ4v) is 1.39. The normalized spacial score (nSPS) is 14.8. The summed E-state index contributed by atoms with van der Waals surface area (Å²) in [4.78, 5) is 11.8. The molecule has 14 heavy (non-hydrogen) atoms. The van der Waals surface area contributed by atoms with Gasteiger partial charge in [-0.25, -0.2) is 0 Å². The SMILES string of the molecule is CC[C@H](O)[C@@H](C)C(=O)c1ccccc1. The first-order chi connectivity index (χ1) is 6.66. The Bertz CT molecular complexity index is 292. The smallest absolute Gasteiger partial charge is 0.168 e. The number of benzene rings is 1. The topological polar surface area (TPSA) is 37.3 Å². The Morgan fingerprint density at radius 1 is 1.36 bits per heavy atom. The van der Waals surface area contributed by atoms with Crippen molar-refractivity contribution in [2.24, 2.45) is 5.92 Å². The molecule has 0 spiro atoms. The Kier molecular flexibility index (Phi) is 3.84. The fourth-order valence-electron chi connectivity index (χ4n) is 1.39. The van der Waals surface area contributed by atoms with E-state index in [-0.39, 0.29) is 11.7 Å². The number of Topliss-reactive ketones (excluding diaryl/α,β-unsaturated/α-hetero) is 1. The molecule has 0 saturated carbocycles. The third-order valence-corrected chi connectivity index (χ3v) is 2.47. The largest absolute Gasteiger partial charge is 0.392 e. The molecular formula is C12H16O2. The molecular weight excluding hydrogens is 176 g/mol. The first-order valence-corrected chi connectivity index (χ1v) is 4.94. The Balaban J connectivity index is 2.76. The van der Waals surface area contributed by atoms with Crippen molar-refractivity contribution in [3.8, 4) is 0 Å². The summed E-state index contributed by atoms with van der Waals surface area (Å²) in [5.74, 6) is -0.303. The summed E-state index contributed by atoms with van der Waals surface area (Å²) < 4.78 is 0. The number of carbonyl (C=O) groups excluding carboxylic acids is 1. The molecule has 0 aliphatic rings. The van der Waals surface area contributed by atoms with E-state index in [9.17, 15) is 9.90 Å². The van der Waals surface area contributed by atoms with Gasteiger partial charge in [-0.1, -0.05) is 44.2 Å². The molecule has 2 atom stereocenters. The van der Waals surface area contributed by atoms with Crippen molar-refractivity contribution in [2.45, 2.75) is 26.4 Å². The highest BCUT2D eigenvalue weighted by atomic mass is 16.3. The molecule has 0 unspecified atom stereocenters. The zero-order valence-corrected chi connectivity index (χ0v) is 8.60. The van der Waals surface area contributed by atoms with Crippen LogP contribution in [-0.4, -0.2) is 17.0 Å². The van der Waals surface area contributed by atoms with Crippen LogP contribution in [0, 0.1) is 5.92 Å². The van der Waals surface area contributed by atoms with Gasteiger partial charge in [-0.05, 0) is 6.42 Å². The van der Waals surface area contributed by atoms with Crippen LogP contribution in [0.3, 0.4) is 0 Å². The quantitative estimate of drug-likeness (QED) is 0.743. The molecule has 0 aliphatic carbocycles. The monoisotopic (exact) mass is 192 g/mol. The van der Waals surface area contributed by atoms with E-state index >= 15 is 0 Å². The van der Waals surface area contributed by atoms with Crippen LogP contribution in [0.4, 0.5) is 0 Å². The van der Waals surface area contributed by atoms with E-state index < -0.39 is 6.10 Å². The van der Waals surface area contributed by atoms with E-state index in [4.69, 9.17) is 0 Å². The van der Waals surface area contributed by atoms with Gasteiger partial charge in [-0.15, -0.1) is 0 Å². The summed E-state index contributed by atoms with van der Waals surface area (Å²) in [6.07, 6.45) is 0.0717. The Morgan fingerprint density at radius 3 is 2.43 bits per heavy atom. The van der Waals surface area contributed by atoms with E-state index in [0.29, 0.717) is 12.0 Å².